The first-order valence-electron chi connectivity index (χ1n) is 17.8. The van der Waals surface area contributed by atoms with Crippen molar-refractivity contribution in [3.05, 3.63) is 52.0 Å². The third-order valence-electron chi connectivity index (χ3n) is 9.69. The molecule has 3 N–H and O–H groups in total. The monoisotopic (exact) mass is 720 g/mol. The molecule has 17 heteroatoms. The van der Waals surface area contributed by atoms with E-state index in [9.17, 15) is 28.8 Å². The summed E-state index contributed by atoms with van der Waals surface area (Å²) >= 11 is 0. The summed E-state index contributed by atoms with van der Waals surface area (Å²) < 4.78 is 16.1. The molecule has 17 nitrogen and oxygen atoms in total. The molecule has 0 bridgehead atoms. The first-order valence-corrected chi connectivity index (χ1v) is 17.8. The number of likely N-dealkylation sites (tertiary alicyclic amines) is 1. The van der Waals surface area contributed by atoms with Gasteiger partial charge < -0.3 is 39.2 Å². The highest BCUT2D eigenvalue weighted by molar-refractivity contribution is 5.99. The first kappa shape index (κ1) is 36.3. The van der Waals surface area contributed by atoms with Crippen LogP contribution in [0.15, 0.2) is 33.5 Å². The Bertz CT molecular complexity index is 1860. The van der Waals surface area contributed by atoms with Crippen LogP contribution >= 0.6 is 0 Å². The molecule has 2 atom stereocenters. The standard InChI is InChI=1S/C35H44N8O9/c1-3-50-35(49)42-16-14-41(15-17-42)33(47)24(11-12-29-39-40-34(48)52-29)38-31(45)26-19-28(23-10-9-21(2)18-25(23)37-26)51-20-30(44)43-13-5-8-27(43)32(46)36-22-6-4-7-22/h9-10,18-19,22,24,27H,3-8,11-17,20H2,1-2H3,(H,36,46)(H,38,45)(H,40,48)/t24-,27-/m0/s1. The number of amides is 5. The van der Waals surface area contributed by atoms with E-state index in [1.165, 1.54) is 11.0 Å². The van der Waals surface area contributed by atoms with Crippen molar-refractivity contribution in [1.82, 2.24) is 40.5 Å². The Hall–Kier alpha value is -5.48. The molecule has 2 aliphatic heterocycles. The maximum atomic E-state index is 13.9. The second-order valence-corrected chi connectivity index (χ2v) is 13.3. The molecule has 278 valence electrons. The summed E-state index contributed by atoms with van der Waals surface area (Å²) in [6.07, 6.45) is 3.93. The number of benzene rings is 1. The Morgan fingerprint density at radius 3 is 2.48 bits per heavy atom. The van der Waals surface area contributed by atoms with Crippen LogP contribution < -0.4 is 21.1 Å². The maximum Gasteiger partial charge on any atom is 0.434 e. The van der Waals surface area contributed by atoms with Crippen LogP contribution in [-0.4, -0.2) is 124 Å². The zero-order chi connectivity index (χ0) is 36.8. The van der Waals surface area contributed by atoms with Crippen molar-refractivity contribution in [2.75, 3.05) is 45.9 Å². The van der Waals surface area contributed by atoms with Crippen molar-refractivity contribution in [2.24, 2.45) is 0 Å². The predicted octanol–water partition coefficient (Wildman–Crippen LogP) is 1.29. The number of nitrogens with zero attached hydrogens (tertiary/aromatic N) is 5. The summed E-state index contributed by atoms with van der Waals surface area (Å²) in [4.78, 5) is 86.9. The van der Waals surface area contributed by atoms with Gasteiger partial charge in [0.05, 0.1) is 12.1 Å². The Morgan fingerprint density at radius 2 is 1.79 bits per heavy atom. The summed E-state index contributed by atoms with van der Waals surface area (Å²) in [5.74, 6) is -1.96. The van der Waals surface area contributed by atoms with Crippen LogP contribution in [0.25, 0.3) is 10.9 Å². The molecule has 3 aliphatic rings. The number of hydrogen-bond acceptors (Lipinski definition) is 11. The second-order valence-electron chi connectivity index (χ2n) is 13.3. The Kier molecular flexibility index (Phi) is 11.3. The molecule has 4 heterocycles. The topological polar surface area (TPSA) is 209 Å². The number of aromatic amines is 1. The van der Waals surface area contributed by atoms with E-state index in [0.29, 0.717) is 30.3 Å². The predicted molar refractivity (Wildman–Crippen MR) is 184 cm³/mol. The van der Waals surface area contributed by atoms with Crippen LogP contribution in [0.3, 0.4) is 0 Å². The van der Waals surface area contributed by atoms with Crippen molar-refractivity contribution >= 4 is 40.6 Å². The Labute approximate surface area is 299 Å². The van der Waals surface area contributed by atoms with E-state index in [1.54, 1.807) is 28.9 Å². The molecule has 5 amide bonds. The third-order valence-corrected chi connectivity index (χ3v) is 9.69. The average molecular weight is 721 g/mol. The number of aryl methyl sites for hydroxylation is 2. The molecule has 2 aromatic heterocycles. The van der Waals surface area contributed by atoms with Crippen LogP contribution in [0.5, 0.6) is 5.75 Å². The summed E-state index contributed by atoms with van der Waals surface area (Å²) in [5, 5.41) is 12.4. The number of rotatable bonds is 12. The number of ether oxygens (including phenoxy) is 2. The smallest absolute Gasteiger partial charge is 0.434 e. The van der Waals surface area contributed by atoms with Crippen molar-refractivity contribution in [1.29, 1.82) is 0 Å². The molecule has 0 spiro atoms. The Morgan fingerprint density at radius 1 is 1.02 bits per heavy atom. The molecular weight excluding hydrogens is 676 g/mol. The first-order chi connectivity index (χ1) is 25.1. The van der Waals surface area contributed by atoms with E-state index in [4.69, 9.17) is 13.9 Å². The van der Waals surface area contributed by atoms with Gasteiger partial charge >= 0.3 is 11.8 Å². The number of hydrogen-bond donors (Lipinski definition) is 3. The lowest BCUT2D eigenvalue weighted by atomic mass is 9.93. The van der Waals surface area contributed by atoms with Gasteiger partial charge in [0.25, 0.3) is 11.8 Å². The van der Waals surface area contributed by atoms with Gasteiger partial charge in [-0.25, -0.2) is 19.7 Å². The van der Waals surface area contributed by atoms with Crippen LogP contribution in [0, 0.1) is 6.92 Å². The van der Waals surface area contributed by atoms with Gasteiger partial charge in [-0.15, -0.1) is 5.10 Å². The number of aromatic nitrogens is 3. The minimum absolute atomic E-state index is 0.0456. The Balaban J connectivity index is 1.18. The van der Waals surface area contributed by atoms with E-state index < -0.39 is 35.7 Å². The summed E-state index contributed by atoms with van der Waals surface area (Å²) in [7, 11) is 0. The lowest BCUT2D eigenvalue weighted by molar-refractivity contribution is -0.140. The van der Waals surface area contributed by atoms with Crippen LogP contribution in [-0.2, 0) is 25.5 Å². The lowest BCUT2D eigenvalue weighted by Gasteiger charge is -2.36. The number of carbonyl (C=O) groups is 5. The SMILES string of the molecule is CCOC(=O)N1CCN(C(=O)[C@H](CCc2n[nH]c(=O)o2)NC(=O)c2cc(OCC(=O)N3CCC[C@H]3C(=O)NC3CCC3)c3ccc(C)cc3n2)CC1. The highest BCUT2D eigenvalue weighted by Crippen LogP contribution is 2.28. The van der Waals surface area contributed by atoms with E-state index in [-0.39, 0.29) is 87.4 Å². The van der Waals surface area contributed by atoms with E-state index >= 15 is 0 Å². The number of piperazine rings is 1. The molecule has 1 aromatic carbocycles. The van der Waals surface area contributed by atoms with Gasteiger partial charge in [0.15, 0.2) is 6.61 Å². The number of H-pyrrole nitrogens is 1. The van der Waals surface area contributed by atoms with E-state index in [2.05, 4.69) is 25.8 Å². The number of pyridine rings is 1. The number of fused-ring (bicyclic) bond motifs is 1. The molecule has 6 rings (SSSR count). The van der Waals surface area contributed by atoms with Crippen molar-refractivity contribution in [2.45, 2.75) is 76.9 Å². The van der Waals surface area contributed by atoms with E-state index in [0.717, 1.165) is 24.8 Å². The van der Waals surface area contributed by atoms with Gasteiger partial charge in [-0.2, -0.15) is 0 Å². The highest BCUT2D eigenvalue weighted by Gasteiger charge is 2.36. The molecule has 2 saturated heterocycles. The van der Waals surface area contributed by atoms with Gasteiger partial charge in [0.1, 0.15) is 23.5 Å². The summed E-state index contributed by atoms with van der Waals surface area (Å²) in [5.41, 5.74) is 1.29. The largest absolute Gasteiger partial charge is 0.483 e. The highest BCUT2D eigenvalue weighted by atomic mass is 16.6. The van der Waals surface area contributed by atoms with Gasteiger partial charge in [-0.3, -0.25) is 19.2 Å². The van der Waals surface area contributed by atoms with Crippen LogP contribution in [0.1, 0.15) is 67.4 Å². The van der Waals surface area contributed by atoms with Crippen LogP contribution in [0.2, 0.25) is 0 Å². The van der Waals surface area contributed by atoms with Gasteiger partial charge in [-0.1, -0.05) is 6.07 Å². The number of carbonyl (C=O) groups excluding carboxylic acids is 5. The fraction of sp³-hybridized carbons (Fsp3) is 0.543. The van der Waals surface area contributed by atoms with Gasteiger partial charge in [-0.05, 0) is 70.1 Å². The maximum absolute atomic E-state index is 13.9. The normalized spacial score (nSPS) is 18.1. The minimum atomic E-state index is -1.07. The third kappa shape index (κ3) is 8.51. The average Bonchev–Trinajstić information content (AvgIpc) is 3.79. The van der Waals surface area contributed by atoms with E-state index in [1.807, 2.05) is 13.0 Å². The quantitative estimate of drug-likeness (QED) is 0.243. The van der Waals surface area contributed by atoms with Gasteiger partial charge in [0.2, 0.25) is 17.7 Å². The minimum Gasteiger partial charge on any atom is -0.483 e. The van der Waals surface area contributed by atoms with Crippen molar-refractivity contribution in [3.8, 4) is 5.75 Å². The fourth-order valence-electron chi connectivity index (χ4n) is 6.62. The molecule has 0 radical (unpaired) electrons. The molecule has 1 aliphatic carbocycles. The van der Waals surface area contributed by atoms with Crippen LogP contribution in [0.4, 0.5) is 4.79 Å². The van der Waals surface area contributed by atoms with Crippen molar-refractivity contribution < 1.29 is 37.9 Å². The van der Waals surface area contributed by atoms with Gasteiger partial charge in [0, 0.05) is 56.6 Å². The molecule has 3 fully saturated rings. The molecule has 3 aromatic rings. The molecular formula is C35H44N8O9. The zero-order valence-electron chi connectivity index (χ0n) is 29.4. The molecule has 0 unspecified atom stereocenters. The summed E-state index contributed by atoms with van der Waals surface area (Å²) in [6, 6.07) is 5.42. The summed E-state index contributed by atoms with van der Waals surface area (Å²) in [6.45, 7) is 4.89. The zero-order valence-corrected chi connectivity index (χ0v) is 29.4. The lowest BCUT2D eigenvalue weighted by Crippen LogP contribution is -2.56. The molecule has 1 saturated carbocycles. The van der Waals surface area contributed by atoms with Crippen molar-refractivity contribution in [3.63, 3.8) is 0 Å². The second kappa shape index (κ2) is 16.2. The molecule has 52 heavy (non-hydrogen) atoms. The number of nitrogens with one attached hydrogen (secondary N) is 3. The fourth-order valence-corrected chi connectivity index (χ4v) is 6.62.